The van der Waals surface area contributed by atoms with Gasteiger partial charge in [0.15, 0.2) is 0 Å². The minimum Gasteiger partial charge on any atom is -0.455 e. The third-order valence-corrected chi connectivity index (χ3v) is 15.7. The Morgan fingerprint density at radius 1 is 0.224 bits per heavy atom. The number of para-hydroxylation sites is 5. The summed E-state index contributed by atoms with van der Waals surface area (Å²) in [7, 11) is 0. The first-order valence-corrected chi connectivity index (χ1v) is 26.0. The van der Waals surface area contributed by atoms with Crippen LogP contribution in [0.3, 0.4) is 0 Å². The van der Waals surface area contributed by atoms with Gasteiger partial charge in [-0.05, 0) is 118 Å². The average molecular weight is 969 g/mol. The molecule has 0 radical (unpaired) electrons. The zero-order valence-electron chi connectivity index (χ0n) is 41.1. The van der Waals surface area contributed by atoms with Crippen LogP contribution in [0.5, 0.6) is 0 Å². The second kappa shape index (κ2) is 16.7. The molecule has 4 heterocycles. The Morgan fingerprint density at radius 2 is 0.605 bits per heavy atom. The molecule has 0 aliphatic rings. The summed E-state index contributed by atoms with van der Waals surface area (Å²) in [4.78, 5) is 0. The van der Waals surface area contributed by atoms with E-state index >= 15 is 0 Å². The number of benzene rings is 12. The van der Waals surface area contributed by atoms with E-state index in [0.29, 0.717) is 0 Å². The van der Waals surface area contributed by atoms with E-state index in [-0.39, 0.29) is 0 Å². The molecular formula is C72H44N2O2. The standard InChI is InChI=1S/C72H44N2O2/c1-3-16-45(17-4-1)47-32-36-65-60(41-47)61-42-48(46-18-5-2-6-19-46)33-37-66(61)73(65)52-21-13-20-49(40-52)53-22-7-10-29-64(53)74-67-38-34-50(54-25-14-27-58-56-23-8-11-30-69(56)75-71(54)58)43-62(67)63-44-51(35-39-68(63)74)55-26-15-28-59-57-24-9-12-31-70(57)76-72(55)59/h1-44H. The van der Waals surface area contributed by atoms with Crippen molar-refractivity contribution in [2.75, 3.05) is 0 Å². The third-order valence-electron chi connectivity index (χ3n) is 15.7. The topological polar surface area (TPSA) is 36.1 Å². The molecular weight excluding hydrogens is 925 g/mol. The van der Waals surface area contributed by atoms with Gasteiger partial charge in [-0.25, -0.2) is 0 Å². The van der Waals surface area contributed by atoms with E-state index in [4.69, 9.17) is 8.83 Å². The lowest BCUT2D eigenvalue weighted by Crippen LogP contribution is -1.98. The minimum absolute atomic E-state index is 0.889. The number of hydrogen-bond acceptors (Lipinski definition) is 2. The van der Waals surface area contributed by atoms with Gasteiger partial charge in [0.25, 0.3) is 0 Å². The molecule has 12 aromatic carbocycles. The molecule has 354 valence electrons. The van der Waals surface area contributed by atoms with Crippen LogP contribution in [-0.4, -0.2) is 9.13 Å². The van der Waals surface area contributed by atoms with Gasteiger partial charge in [-0.2, -0.15) is 0 Å². The molecule has 0 atom stereocenters. The van der Waals surface area contributed by atoms with Crippen molar-refractivity contribution in [3.8, 4) is 67.0 Å². The van der Waals surface area contributed by atoms with E-state index in [2.05, 4.69) is 264 Å². The van der Waals surface area contributed by atoms with Crippen LogP contribution in [0.2, 0.25) is 0 Å². The molecule has 0 saturated carbocycles. The number of rotatable bonds is 7. The van der Waals surface area contributed by atoms with Crippen LogP contribution >= 0.6 is 0 Å². The number of fused-ring (bicyclic) bond motifs is 12. The summed E-state index contributed by atoms with van der Waals surface area (Å²) in [6.07, 6.45) is 0. The molecule has 0 fully saturated rings. The molecule has 0 bridgehead atoms. The maximum atomic E-state index is 6.63. The first-order valence-electron chi connectivity index (χ1n) is 26.0. The van der Waals surface area contributed by atoms with Crippen molar-refractivity contribution in [3.05, 3.63) is 267 Å². The number of hydrogen-bond donors (Lipinski definition) is 0. The van der Waals surface area contributed by atoms with Crippen LogP contribution in [0.15, 0.2) is 276 Å². The Balaban J connectivity index is 0.895. The van der Waals surface area contributed by atoms with Gasteiger partial charge in [0.05, 0.1) is 27.8 Å². The van der Waals surface area contributed by atoms with Crippen molar-refractivity contribution >= 4 is 87.5 Å². The van der Waals surface area contributed by atoms with Crippen molar-refractivity contribution in [2.45, 2.75) is 0 Å². The summed E-state index contributed by atoms with van der Waals surface area (Å²) in [6, 6.07) is 96.6. The van der Waals surface area contributed by atoms with Gasteiger partial charge in [-0.3, -0.25) is 0 Å². The van der Waals surface area contributed by atoms with Crippen molar-refractivity contribution in [3.63, 3.8) is 0 Å². The molecule has 16 aromatic rings. The fraction of sp³-hybridized carbons (Fsp3) is 0. The molecule has 16 rings (SSSR count). The highest BCUT2D eigenvalue weighted by Gasteiger charge is 2.22. The van der Waals surface area contributed by atoms with E-state index in [9.17, 15) is 0 Å². The van der Waals surface area contributed by atoms with Crippen LogP contribution in [0.25, 0.3) is 154 Å². The molecule has 76 heavy (non-hydrogen) atoms. The van der Waals surface area contributed by atoms with Crippen molar-refractivity contribution in [2.24, 2.45) is 0 Å². The monoisotopic (exact) mass is 968 g/mol. The third kappa shape index (κ3) is 6.51. The average Bonchev–Trinajstić information content (AvgIpc) is 4.26. The number of nitrogens with zero attached hydrogens (tertiary/aromatic N) is 2. The summed E-state index contributed by atoms with van der Waals surface area (Å²) in [5.41, 5.74) is 21.7. The maximum absolute atomic E-state index is 6.63. The first kappa shape index (κ1) is 42.4. The second-order valence-corrected chi connectivity index (χ2v) is 20.0. The summed E-state index contributed by atoms with van der Waals surface area (Å²) in [6.45, 7) is 0. The van der Waals surface area contributed by atoms with E-state index in [1.54, 1.807) is 0 Å². The molecule has 0 unspecified atom stereocenters. The lowest BCUT2D eigenvalue weighted by Gasteiger charge is -2.16. The highest BCUT2D eigenvalue weighted by atomic mass is 16.3. The molecule has 0 saturated heterocycles. The van der Waals surface area contributed by atoms with Gasteiger partial charge in [0.2, 0.25) is 0 Å². The molecule has 0 N–H and O–H groups in total. The Labute approximate surface area is 437 Å². The van der Waals surface area contributed by atoms with Gasteiger partial charge in [0.1, 0.15) is 22.3 Å². The van der Waals surface area contributed by atoms with Crippen LogP contribution < -0.4 is 0 Å². The Bertz CT molecular complexity index is 4720. The first-order chi connectivity index (χ1) is 37.7. The van der Waals surface area contributed by atoms with Crippen molar-refractivity contribution in [1.29, 1.82) is 0 Å². The molecule has 0 amide bonds. The van der Waals surface area contributed by atoms with Crippen LogP contribution in [0.1, 0.15) is 0 Å². The van der Waals surface area contributed by atoms with Crippen LogP contribution in [0.4, 0.5) is 0 Å². The lowest BCUT2D eigenvalue weighted by atomic mass is 9.98. The Morgan fingerprint density at radius 3 is 1.14 bits per heavy atom. The number of furan rings is 2. The van der Waals surface area contributed by atoms with Crippen LogP contribution in [-0.2, 0) is 0 Å². The van der Waals surface area contributed by atoms with E-state index in [1.165, 1.54) is 33.0 Å². The van der Waals surface area contributed by atoms with Crippen molar-refractivity contribution < 1.29 is 8.83 Å². The molecule has 4 aromatic heterocycles. The highest BCUT2D eigenvalue weighted by Crippen LogP contribution is 2.45. The van der Waals surface area contributed by atoms with E-state index in [0.717, 1.165) is 121 Å². The lowest BCUT2D eigenvalue weighted by molar-refractivity contribution is 0.669. The largest absolute Gasteiger partial charge is 0.455 e. The summed E-state index contributed by atoms with van der Waals surface area (Å²) >= 11 is 0. The van der Waals surface area contributed by atoms with Crippen LogP contribution in [0, 0.1) is 0 Å². The zero-order valence-corrected chi connectivity index (χ0v) is 41.1. The minimum atomic E-state index is 0.889. The SMILES string of the molecule is c1ccc(-c2ccc3c(c2)c2cc(-c4ccccc4)ccc2n3-c2cccc(-c3ccccc3-n3c4ccc(-c5cccc6c5oc5ccccc56)cc4c4cc(-c5cccc6c5oc5ccccc56)ccc43)c2)cc1. The molecule has 0 aliphatic carbocycles. The Hall–Kier alpha value is -10.2. The molecule has 0 aliphatic heterocycles. The number of aromatic nitrogens is 2. The predicted octanol–water partition coefficient (Wildman–Crippen LogP) is 20.0. The van der Waals surface area contributed by atoms with Gasteiger partial charge in [-0.1, -0.05) is 188 Å². The van der Waals surface area contributed by atoms with Crippen molar-refractivity contribution in [1.82, 2.24) is 9.13 Å². The highest BCUT2D eigenvalue weighted by molar-refractivity contribution is 6.16. The quantitative estimate of drug-likeness (QED) is 0.160. The fourth-order valence-electron chi connectivity index (χ4n) is 12.2. The second-order valence-electron chi connectivity index (χ2n) is 20.0. The van der Waals surface area contributed by atoms with E-state index in [1.807, 2.05) is 12.1 Å². The molecule has 4 heteroatoms. The zero-order chi connectivity index (χ0) is 49.8. The van der Waals surface area contributed by atoms with Gasteiger partial charge < -0.3 is 18.0 Å². The van der Waals surface area contributed by atoms with Gasteiger partial charge in [0, 0.05) is 65.5 Å². The van der Waals surface area contributed by atoms with E-state index < -0.39 is 0 Å². The van der Waals surface area contributed by atoms with Gasteiger partial charge in [-0.15, -0.1) is 0 Å². The molecule has 4 nitrogen and oxygen atoms in total. The predicted molar refractivity (Wildman–Crippen MR) is 317 cm³/mol. The molecule has 0 spiro atoms. The fourth-order valence-corrected chi connectivity index (χ4v) is 12.2. The normalized spacial score (nSPS) is 11.9. The smallest absolute Gasteiger partial charge is 0.143 e. The summed E-state index contributed by atoms with van der Waals surface area (Å²) < 4.78 is 18.2. The van der Waals surface area contributed by atoms with Gasteiger partial charge >= 0.3 is 0 Å². The maximum Gasteiger partial charge on any atom is 0.143 e. The summed E-state index contributed by atoms with van der Waals surface area (Å²) in [5.74, 6) is 0. The Kier molecular flexibility index (Phi) is 9.30. The summed E-state index contributed by atoms with van der Waals surface area (Å²) in [5, 5.41) is 9.21.